The maximum atomic E-state index is 11.5. The fourth-order valence-electron chi connectivity index (χ4n) is 2.83. The van der Waals surface area contributed by atoms with Gasteiger partial charge >= 0.3 is 0 Å². The van der Waals surface area contributed by atoms with E-state index in [1.165, 1.54) is 0 Å². The van der Waals surface area contributed by atoms with Gasteiger partial charge in [-0.3, -0.25) is 20.4 Å². The summed E-state index contributed by atoms with van der Waals surface area (Å²) in [7, 11) is 0. The Balaban J connectivity index is 2.03. The molecule has 0 aromatic carbocycles. The summed E-state index contributed by atoms with van der Waals surface area (Å²) in [4.78, 5) is 22.9. The number of hydrogen-bond donors (Lipinski definition) is 2. The summed E-state index contributed by atoms with van der Waals surface area (Å²) in [6.45, 7) is 0. The number of rotatable bonds is 0. The summed E-state index contributed by atoms with van der Waals surface area (Å²) in [6, 6.07) is 0. The second kappa shape index (κ2) is 2.13. The van der Waals surface area contributed by atoms with Crippen molar-refractivity contribution >= 4 is 11.8 Å². The molecule has 1 aliphatic heterocycles. The van der Waals surface area contributed by atoms with Crippen molar-refractivity contribution in [2.24, 2.45) is 23.7 Å². The number of hydrogen-bond acceptors (Lipinski definition) is 2. The van der Waals surface area contributed by atoms with E-state index in [4.69, 9.17) is 0 Å². The molecule has 1 saturated heterocycles. The number of carbonyl (C=O) groups excluding carboxylic acids is 2. The predicted molar refractivity (Wildman–Crippen MR) is 44.0 cm³/mol. The lowest BCUT2D eigenvalue weighted by Gasteiger charge is -2.30. The number of fused-ring (bicyclic) bond motifs is 5. The Labute approximate surface area is 75.3 Å². The van der Waals surface area contributed by atoms with Gasteiger partial charge in [0, 0.05) is 0 Å². The number of amides is 2. The quantitative estimate of drug-likeness (QED) is 0.495. The van der Waals surface area contributed by atoms with E-state index in [9.17, 15) is 9.59 Å². The van der Waals surface area contributed by atoms with E-state index in [0.717, 1.165) is 6.42 Å². The van der Waals surface area contributed by atoms with Gasteiger partial charge in [-0.1, -0.05) is 12.2 Å². The van der Waals surface area contributed by atoms with Crippen molar-refractivity contribution in [1.82, 2.24) is 10.9 Å². The van der Waals surface area contributed by atoms with E-state index >= 15 is 0 Å². The third kappa shape index (κ3) is 0.753. The largest absolute Gasteiger partial charge is 0.273 e. The summed E-state index contributed by atoms with van der Waals surface area (Å²) < 4.78 is 0. The molecule has 2 N–H and O–H groups in total. The lowest BCUT2D eigenvalue weighted by molar-refractivity contribution is -0.143. The first kappa shape index (κ1) is 7.12. The number of allylic oxidation sites excluding steroid dienone is 2. The van der Waals surface area contributed by atoms with Gasteiger partial charge in [0.1, 0.15) is 0 Å². The first-order valence-electron chi connectivity index (χ1n) is 4.55. The van der Waals surface area contributed by atoms with Gasteiger partial charge in [0.15, 0.2) is 0 Å². The Morgan fingerprint density at radius 2 is 1.46 bits per heavy atom. The van der Waals surface area contributed by atoms with E-state index in [1.807, 2.05) is 0 Å². The Morgan fingerprint density at radius 3 is 1.92 bits per heavy atom. The molecule has 1 heterocycles. The van der Waals surface area contributed by atoms with Crippen LogP contribution in [0.1, 0.15) is 6.42 Å². The highest BCUT2D eigenvalue weighted by atomic mass is 16.2. The van der Waals surface area contributed by atoms with Gasteiger partial charge in [0.2, 0.25) is 11.8 Å². The molecule has 2 aliphatic carbocycles. The molecular formula is C9H10N2O2. The van der Waals surface area contributed by atoms with Gasteiger partial charge in [-0.2, -0.15) is 0 Å². The molecule has 68 valence electrons. The number of hydrazine groups is 1. The molecule has 3 aliphatic rings. The van der Waals surface area contributed by atoms with Crippen LogP contribution >= 0.6 is 0 Å². The molecule has 4 atom stereocenters. The van der Waals surface area contributed by atoms with Gasteiger partial charge in [-0.25, -0.2) is 0 Å². The SMILES string of the molecule is O=C1NNC(=O)C2C3C=CC(C3)C12. The van der Waals surface area contributed by atoms with Crippen LogP contribution in [0, 0.1) is 23.7 Å². The predicted octanol–water partition coefficient (Wildman–Crippen LogP) is -0.414. The van der Waals surface area contributed by atoms with Crippen molar-refractivity contribution in [2.45, 2.75) is 6.42 Å². The highest BCUT2D eigenvalue weighted by Gasteiger charge is 2.53. The Morgan fingerprint density at radius 1 is 1.00 bits per heavy atom. The molecular weight excluding hydrogens is 168 g/mol. The minimum atomic E-state index is -0.108. The maximum absolute atomic E-state index is 11.5. The smallest absolute Gasteiger partial charge is 0.242 e. The molecule has 0 radical (unpaired) electrons. The first-order chi connectivity index (χ1) is 6.27. The van der Waals surface area contributed by atoms with Crippen LogP contribution in [0.4, 0.5) is 0 Å². The summed E-state index contributed by atoms with van der Waals surface area (Å²) in [5, 5.41) is 0. The lowest BCUT2D eigenvalue weighted by atomic mass is 9.81. The fraction of sp³-hybridized carbons (Fsp3) is 0.556. The Kier molecular flexibility index (Phi) is 1.17. The second-order valence-electron chi connectivity index (χ2n) is 3.98. The highest BCUT2D eigenvalue weighted by molar-refractivity contribution is 5.94. The van der Waals surface area contributed by atoms with Crippen molar-refractivity contribution in [3.05, 3.63) is 12.2 Å². The minimum absolute atomic E-state index is 0.0264. The summed E-state index contributed by atoms with van der Waals surface area (Å²) in [5.74, 6) is 0.317. The van der Waals surface area contributed by atoms with Crippen LogP contribution in [0.5, 0.6) is 0 Å². The van der Waals surface area contributed by atoms with Crippen molar-refractivity contribution in [1.29, 1.82) is 0 Å². The zero-order valence-corrected chi connectivity index (χ0v) is 6.99. The summed E-state index contributed by atoms with van der Waals surface area (Å²) in [6.07, 6.45) is 5.12. The van der Waals surface area contributed by atoms with E-state index < -0.39 is 0 Å². The van der Waals surface area contributed by atoms with Gasteiger partial charge < -0.3 is 0 Å². The summed E-state index contributed by atoms with van der Waals surface area (Å²) >= 11 is 0. The molecule has 1 saturated carbocycles. The molecule has 0 spiro atoms. The molecule has 2 bridgehead atoms. The van der Waals surface area contributed by atoms with E-state index in [2.05, 4.69) is 23.0 Å². The zero-order chi connectivity index (χ0) is 9.00. The van der Waals surface area contributed by atoms with Crippen LogP contribution in [0.3, 0.4) is 0 Å². The molecule has 4 unspecified atom stereocenters. The second-order valence-corrected chi connectivity index (χ2v) is 3.98. The topological polar surface area (TPSA) is 58.2 Å². The number of carbonyl (C=O) groups is 2. The Bertz CT molecular complexity index is 294. The average molecular weight is 178 g/mol. The molecule has 2 fully saturated rings. The normalized spacial score (nSPS) is 45.8. The standard InChI is InChI=1S/C9H10N2O2/c12-8-6-4-1-2-5(3-4)7(6)9(13)11-10-8/h1-2,4-7H,3H2,(H,10,12)(H,11,13). The average Bonchev–Trinajstić information content (AvgIpc) is 2.70. The van der Waals surface area contributed by atoms with Crippen molar-refractivity contribution in [3.63, 3.8) is 0 Å². The molecule has 4 nitrogen and oxygen atoms in total. The van der Waals surface area contributed by atoms with Crippen LogP contribution in [0.15, 0.2) is 12.2 Å². The molecule has 0 aromatic heterocycles. The van der Waals surface area contributed by atoms with E-state index in [1.54, 1.807) is 0 Å². The third-order valence-electron chi connectivity index (χ3n) is 3.37. The van der Waals surface area contributed by atoms with Crippen LogP contribution in [-0.4, -0.2) is 11.8 Å². The molecule has 2 amide bonds. The van der Waals surface area contributed by atoms with Crippen molar-refractivity contribution in [2.75, 3.05) is 0 Å². The van der Waals surface area contributed by atoms with Gasteiger partial charge in [0.25, 0.3) is 0 Å². The minimum Gasteiger partial charge on any atom is -0.273 e. The first-order valence-corrected chi connectivity index (χ1v) is 4.55. The van der Waals surface area contributed by atoms with Gasteiger partial charge in [-0.05, 0) is 18.3 Å². The molecule has 13 heavy (non-hydrogen) atoms. The van der Waals surface area contributed by atoms with E-state index in [0.29, 0.717) is 11.8 Å². The van der Waals surface area contributed by atoms with Crippen LogP contribution in [0.25, 0.3) is 0 Å². The highest BCUT2D eigenvalue weighted by Crippen LogP contribution is 2.48. The van der Waals surface area contributed by atoms with Gasteiger partial charge in [0.05, 0.1) is 11.8 Å². The zero-order valence-electron chi connectivity index (χ0n) is 6.99. The third-order valence-corrected chi connectivity index (χ3v) is 3.37. The molecule has 3 rings (SSSR count). The van der Waals surface area contributed by atoms with Crippen LogP contribution in [-0.2, 0) is 9.59 Å². The van der Waals surface area contributed by atoms with Gasteiger partial charge in [-0.15, -0.1) is 0 Å². The van der Waals surface area contributed by atoms with Crippen LogP contribution in [0.2, 0.25) is 0 Å². The number of nitrogens with one attached hydrogen (secondary N) is 2. The summed E-state index contributed by atoms with van der Waals surface area (Å²) in [5.41, 5.74) is 4.83. The van der Waals surface area contributed by atoms with E-state index in [-0.39, 0.29) is 23.7 Å². The fourth-order valence-corrected chi connectivity index (χ4v) is 2.83. The monoisotopic (exact) mass is 178 g/mol. The Hall–Kier alpha value is -1.32. The van der Waals surface area contributed by atoms with Crippen molar-refractivity contribution < 1.29 is 9.59 Å². The molecule has 4 heteroatoms. The molecule has 0 aromatic rings. The maximum Gasteiger partial charge on any atom is 0.242 e. The van der Waals surface area contributed by atoms with Crippen molar-refractivity contribution in [3.8, 4) is 0 Å². The van der Waals surface area contributed by atoms with Crippen LogP contribution < -0.4 is 10.9 Å². The lowest BCUT2D eigenvalue weighted by Crippen LogP contribution is -2.57.